The first-order valence-electron chi connectivity index (χ1n) is 8.30. The number of likely N-dealkylation sites (N-methyl/N-ethyl adjacent to an activating group) is 1. The Hall–Kier alpha value is -0.200. The maximum Gasteiger partial charge on any atom is 0.0900 e. The molecule has 0 aliphatic heterocycles. The highest BCUT2D eigenvalue weighted by molar-refractivity contribution is 4.65. The van der Waals surface area contributed by atoms with E-state index in [0.29, 0.717) is 19.8 Å². The van der Waals surface area contributed by atoms with Gasteiger partial charge in [0.1, 0.15) is 0 Å². The Bertz CT molecular complexity index is 226. The zero-order valence-electron chi connectivity index (χ0n) is 14.7. The number of hydrogen-bond acceptors (Lipinski definition) is 5. The van der Waals surface area contributed by atoms with Crippen LogP contribution in [0.1, 0.15) is 34.1 Å². The molecule has 2 atom stereocenters. The Kier molecular flexibility index (Phi) is 13.3. The zero-order valence-corrected chi connectivity index (χ0v) is 14.7. The fourth-order valence-corrected chi connectivity index (χ4v) is 2.35. The summed E-state index contributed by atoms with van der Waals surface area (Å²) in [7, 11) is 1.66. The van der Waals surface area contributed by atoms with E-state index in [4.69, 9.17) is 9.47 Å². The van der Waals surface area contributed by atoms with Crippen LogP contribution in [0, 0.1) is 0 Å². The van der Waals surface area contributed by atoms with Gasteiger partial charge in [0.25, 0.3) is 0 Å². The molecule has 0 rings (SSSR count). The molecule has 0 fully saturated rings. The van der Waals surface area contributed by atoms with Gasteiger partial charge in [0.15, 0.2) is 0 Å². The summed E-state index contributed by atoms with van der Waals surface area (Å²) in [6, 6.07) is 0. The van der Waals surface area contributed by atoms with E-state index in [0.717, 1.165) is 39.1 Å². The SMILES string of the molecule is CCN(CC)CCCN(CC)CC(O)COC(C)COC. The van der Waals surface area contributed by atoms with E-state index in [1.165, 1.54) is 0 Å². The summed E-state index contributed by atoms with van der Waals surface area (Å²) >= 11 is 0. The van der Waals surface area contributed by atoms with Crippen LogP contribution in [0.25, 0.3) is 0 Å². The Morgan fingerprint density at radius 2 is 1.52 bits per heavy atom. The first kappa shape index (κ1) is 20.8. The summed E-state index contributed by atoms with van der Waals surface area (Å²) in [6.07, 6.45) is 0.739. The van der Waals surface area contributed by atoms with Gasteiger partial charge < -0.3 is 24.4 Å². The van der Waals surface area contributed by atoms with Gasteiger partial charge in [0.2, 0.25) is 0 Å². The largest absolute Gasteiger partial charge is 0.389 e. The number of methoxy groups -OCH3 is 1. The van der Waals surface area contributed by atoms with Crippen molar-refractivity contribution in [1.82, 2.24) is 9.80 Å². The van der Waals surface area contributed by atoms with E-state index in [-0.39, 0.29) is 6.10 Å². The molecule has 2 unspecified atom stereocenters. The van der Waals surface area contributed by atoms with Crippen molar-refractivity contribution < 1.29 is 14.6 Å². The van der Waals surface area contributed by atoms with Crippen molar-refractivity contribution >= 4 is 0 Å². The van der Waals surface area contributed by atoms with Gasteiger partial charge in [-0.05, 0) is 46.1 Å². The average molecular weight is 304 g/mol. The van der Waals surface area contributed by atoms with E-state index < -0.39 is 6.10 Å². The molecule has 0 aliphatic rings. The van der Waals surface area contributed by atoms with Gasteiger partial charge >= 0.3 is 0 Å². The lowest BCUT2D eigenvalue weighted by atomic mass is 10.3. The molecule has 128 valence electrons. The smallest absolute Gasteiger partial charge is 0.0900 e. The van der Waals surface area contributed by atoms with Crippen molar-refractivity contribution in [2.45, 2.75) is 46.3 Å². The maximum atomic E-state index is 10.1. The summed E-state index contributed by atoms with van der Waals surface area (Å²) in [5.74, 6) is 0. The van der Waals surface area contributed by atoms with Crippen LogP contribution in [0.2, 0.25) is 0 Å². The third-order valence-corrected chi connectivity index (χ3v) is 3.73. The molecule has 0 aromatic heterocycles. The van der Waals surface area contributed by atoms with Crippen molar-refractivity contribution in [3.63, 3.8) is 0 Å². The molecule has 1 N–H and O–H groups in total. The minimum Gasteiger partial charge on any atom is -0.389 e. The maximum absolute atomic E-state index is 10.1. The van der Waals surface area contributed by atoms with Crippen LogP contribution in [0.3, 0.4) is 0 Å². The fourth-order valence-electron chi connectivity index (χ4n) is 2.35. The Morgan fingerprint density at radius 3 is 2.05 bits per heavy atom. The molecule has 0 aromatic carbocycles. The average Bonchev–Trinajstić information content (AvgIpc) is 2.48. The molecule has 5 nitrogen and oxygen atoms in total. The first-order chi connectivity index (χ1) is 10.1. The highest BCUT2D eigenvalue weighted by Gasteiger charge is 2.12. The minimum atomic E-state index is -0.433. The van der Waals surface area contributed by atoms with E-state index >= 15 is 0 Å². The zero-order chi connectivity index (χ0) is 16.1. The molecule has 21 heavy (non-hydrogen) atoms. The molecular formula is C16H36N2O3. The van der Waals surface area contributed by atoms with Crippen molar-refractivity contribution in [2.75, 3.05) is 59.6 Å². The van der Waals surface area contributed by atoms with E-state index in [1.54, 1.807) is 7.11 Å². The van der Waals surface area contributed by atoms with Crippen LogP contribution in [0.4, 0.5) is 0 Å². The Labute approximate surface area is 131 Å². The lowest BCUT2D eigenvalue weighted by Gasteiger charge is -2.26. The van der Waals surface area contributed by atoms with Crippen molar-refractivity contribution in [3.8, 4) is 0 Å². The Balaban J connectivity index is 3.85. The fraction of sp³-hybridized carbons (Fsp3) is 1.00. The molecule has 0 aromatic rings. The van der Waals surface area contributed by atoms with Gasteiger partial charge in [0.05, 0.1) is 25.4 Å². The summed E-state index contributed by atoms with van der Waals surface area (Å²) < 4.78 is 10.6. The van der Waals surface area contributed by atoms with Crippen LogP contribution in [-0.4, -0.2) is 86.7 Å². The predicted octanol–water partition coefficient (Wildman–Crippen LogP) is 1.45. The number of rotatable bonds is 14. The molecule has 0 spiro atoms. The molecular weight excluding hydrogens is 268 g/mol. The quantitative estimate of drug-likeness (QED) is 0.526. The number of hydrogen-bond donors (Lipinski definition) is 1. The van der Waals surface area contributed by atoms with Gasteiger partial charge in [-0.1, -0.05) is 20.8 Å². The summed E-state index contributed by atoms with van der Waals surface area (Å²) in [4.78, 5) is 4.72. The van der Waals surface area contributed by atoms with E-state index in [9.17, 15) is 5.11 Å². The van der Waals surface area contributed by atoms with Crippen LogP contribution >= 0.6 is 0 Å². The number of ether oxygens (including phenoxy) is 2. The second-order valence-corrected chi connectivity index (χ2v) is 5.53. The third-order valence-electron chi connectivity index (χ3n) is 3.73. The van der Waals surface area contributed by atoms with E-state index in [1.807, 2.05) is 6.92 Å². The molecule has 0 radical (unpaired) electrons. The lowest BCUT2D eigenvalue weighted by Crippen LogP contribution is -2.37. The van der Waals surface area contributed by atoms with Crippen molar-refractivity contribution in [1.29, 1.82) is 0 Å². The van der Waals surface area contributed by atoms with Gasteiger partial charge in [0, 0.05) is 13.7 Å². The molecule has 0 saturated heterocycles. The van der Waals surface area contributed by atoms with Crippen LogP contribution < -0.4 is 0 Å². The summed E-state index contributed by atoms with van der Waals surface area (Å²) in [6.45, 7) is 15.4. The highest BCUT2D eigenvalue weighted by atomic mass is 16.5. The second-order valence-electron chi connectivity index (χ2n) is 5.53. The number of nitrogens with zero attached hydrogens (tertiary/aromatic N) is 2. The van der Waals surface area contributed by atoms with Gasteiger partial charge in [-0.3, -0.25) is 0 Å². The Morgan fingerprint density at radius 1 is 0.952 bits per heavy atom. The molecule has 0 aliphatic carbocycles. The van der Waals surface area contributed by atoms with E-state index in [2.05, 4.69) is 30.6 Å². The standard InChI is InChI=1S/C16H36N2O3/c1-6-17(7-2)10-9-11-18(8-3)12-16(19)14-21-15(4)13-20-5/h15-16,19H,6-14H2,1-5H3. The molecule has 0 bridgehead atoms. The van der Waals surface area contributed by atoms with Gasteiger partial charge in [-0.25, -0.2) is 0 Å². The minimum absolute atomic E-state index is 0.0300. The lowest BCUT2D eigenvalue weighted by molar-refractivity contribution is -0.0395. The normalized spacial score (nSPS) is 14.9. The molecule has 0 heterocycles. The highest BCUT2D eigenvalue weighted by Crippen LogP contribution is 2.00. The second kappa shape index (κ2) is 13.5. The third kappa shape index (κ3) is 11.1. The molecule has 0 amide bonds. The van der Waals surface area contributed by atoms with Gasteiger partial charge in [-0.2, -0.15) is 0 Å². The monoisotopic (exact) mass is 304 g/mol. The van der Waals surface area contributed by atoms with Crippen LogP contribution in [0.15, 0.2) is 0 Å². The number of aliphatic hydroxyl groups is 1. The topological polar surface area (TPSA) is 45.2 Å². The van der Waals surface area contributed by atoms with Gasteiger partial charge in [-0.15, -0.1) is 0 Å². The van der Waals surface area contributed by atoms with Crippen LogP contribution in [0.5, 0.6) is 0 Å². The predicted molar refractivity (Wildman–Crippen MR) is 87.8 cm³/mol. The number of aliphatic hydroxyl groups excluding tert-OH is 1. The molecule has 0 saturated carbocycles. The first-order valence-corrected chi connectivity index (χ1v) is 8.30. The van der Waals surface area contributed by atoms with Crippen molar-refractivity contribution in [3.05, 3.63) is 0 Å². The molecule has 5 heteroatoms. The van der Waals surface area contributed by atoms with Crippen molar-refractivity contribution in [2.24, 2.45) is 0 Å². The summed E-state index contributed by atoms with van der Waals surface area (Å²) in [5.41, 5.74) is 0. The van der Waals surface area contributed by atoms with Crippen LogP contribution in [-0.2, 0) is 9.47 Å². The summed E-state index contributed by atoms with van der Waals surface area (Å²) in [5, 5.41) is 10.1.